The fourth-order valence-electron chi connectivity index (χ4n) is 2.94. The van der Waals surface area contributed by atoms with Crippen LogP contribution in [0.3, 0.4) is 0 Å². The molecule has 0 atom stereocenters. The average molecular weight is 380 g/mol. The van der Waals surface area contributed by atoms with E-state index in [2.05, 4.69) is 4.90 Å². The Hall–Kier alpha value is -1.90. The summed E-state index contributed by atoms with van der Waals surface area (Å²) in [6.07, 6.45) is 3.50. The number of benzene rings is 2. The molecule has 1 fully saturated rings. The summed E-state index contributed by atoms with van der Waals surface area (Å²) in [4.78, 5) is 2.05. The SMILES string of the molecule is NS(=O)(=O)c1cccc(S(=O)(=O)c2ccc(N3CCCCC3)cc2)c1. The van der Waals surface area contributed by atoms with Gasteiger partial charge in [0.1, 0.15) is 0 Å². The van der Waals surface area contributed by atoms with E-state index in [9.17, 15) is 16.8 Å². The highest BCUT2D eigenvalue weighted by atomic mass is 32.2. The minimum absolute atomic E-state index is 0.0928. The van der Waals surface area contributed by atoms with Crippen molar-refractivity contribution in [2.45, 2.75) is 33.9 Å². The Balaban J connectivity index is 1.92. The smallest absolute Gasteiger partial charge is 0.238 e. The Morgan fingerprint density at radius 2 is 1.36 bits per heavy atom. The lowest BCUT2D eigenvalue weighted by molar-refractivity contribution is 0.577. The number of primary sulfonamides is 1. The molecule has 1 heterocycles. The summed E-state index contributed by atoms with van der Waals surface area (Å²) in [5.74, 6) is 0. The summed E-state index contributed by atoms with van der Waals surface area (Å²) in [5, 5.41) is 5.08. The number of hydrogen-bond donors (Lipinski definition) is 1. The van der Waals surface area contributed by atoms with Crippen molar-refractivity contribution in [3.63, 3.8) is 0 Å². The van der Waals surface area contributed by atoms with Gasteiger partial charge in [-0.15, -0.1) is 0 Å². The first-order valence-corrected chi connectivity index (χ1v) is 11.0. The molecule has 0 aromatic heterocycles. The highest BCUT2D eigenvalue weighted by Crippen LogP contribution is 2.26. The second-order valence-corrected chi connectivity index (χ2v) is 9.58. The molecule has 0 aliphatic carbocycles. The molecule has 1 aliphatic heterocycles. The molecule has 6 nitrogen and oxygen atoms in total. The van der Waals surface area contributed by atoms with Gasteiger partial charge >= 0.3 is 0 Å². The summed E-state index contributed by atoms with van der Waals surface area (Å²) < 4.78 is 48.4. The Morgan fingerprint density at radius 3 is 1.96 bits per heavy atom. The topological polar surface area (TPSA) is 97.5 Å². The molecule has 2 aromatic carbocycles. The Bertz CT molecular complexity index is 962. The number of hydrogen-bond acceptors (Lipinski definition) is 5. The van der Waals surface area contributed by atoms with E-state index in [1.807, 2.05) is 0 Å². The van der Waals surface area contributed by atoms with Crippen LogP contribution in [0.5, 0.6) is 0 Å². The first-order valence-electron chi connectivity index (χ1n) is 8.01. The third kappa shape index (κ3) is 3.86. The molecule has 3 rings (SSSR count). The first-order chi connectivity index (χ1) is 11.8. The lowest BCUT2D eigenvalue weighted by atomic mass is 10.1. The Labute approximate surface area is 148 Å². The quantitative estimate of drug-likeness (QED) is 0.876. The van der Waals surface area contributed by atoms with Crippen molar-refractivity contribution in [3.8, 4) is 0 Å². The third-order valence-electron chi connectivity index (χ3n) is 4.31. The van der Waals surface area contributed by atoms with Gasteiger partial charge in [0.05, 0.1) is 14.7 Å². The van der Waals surface area contributed by atoms with E-state index in [-0.39, 0.29) is 14.7 Å². The molecule has 0 bridgehead atoms. The van der Waals surface area contributed by atoms with Crippen molar-refractivity contribution in [2.75, 3.05) is 18.0 Å². The zero-order valence-electron chi connectivity index (χ0n) is 13.6. The van der Waals surface area contributed by atoms with Crippen molar-refractivity contribution >= 4 is 25.5 Å². The van der Waals surface area contributed by atoms with Crippen molar-refractivity contribution in [2.24, 2.45) is 5.14 Å². The zero-order valence-corrected chi connectivity index (χ0v) is 15.3. The summed E-state index contributed by atoms with van der Waals surface area (Å²) >= 11 is 0. The predicted molar refractivity (Wildman–Crippen MR) is 95.8 cm³/mol. The minimum Gasteiger partial charge on any atom is -0.372 e. The van der Waals surface area contributed by atoms with Crippen LogP contribution in [0.4, 0.5) is 5.69 Å². The molecule has 25 heavy (non-hydrogen) atoms. The molecule has 0 spiro atoms. The fourth-order valence-corrected chi connectivity index (χ4v) is 4.88. The molecular formula is C17H20N2O4S2. The molecule has 1 aliphatic rings. The first kappa shape index (κ1) is 17.9. The fraction of sp³-hybridized carbons (Fsp3) is 0.294. The number of anilines is 1. The van der Waals surface area contributed by atoms with Gasteiger partial charge in [-0.1, -0.05) is 6.07 Å². The summed E-state index contributed by atoms with van der Waals surface area (Å²) in [5.41, 5.74) is 0.997. The van der Waals surface area contributed by atoms with Crippen LogP contribution in [-0.4, -0.2) is 29.9 Å². The zero-order chi connectivity index (χ0) is 18.1. The van der Waals surface area contributed by atoms with Crippen LogP contribution in [0.15, 0.2) is 63.2 Å². The van der Waals surface area contributed by atoms with E-state index in [0.29, 0.717) is 0 Å². The van der Waals surface area contributed by atoms with Gasteiger partial charge in [-0.2, -0.15) is 0 Å². The standard InChI is InChI=1S/C17H20N2O4S2/c18-25(22,23)17-6-4-5-16(13-17)24(20,21)15-9-7-14(8-10-15)19-11-2-1-3-12-19/h4-10,13H,1-3,11-12H2,(H2,18,22,23). The van der Waals surface area contributed by atoms with E-state index in [1.165, 1.54) is 24.6 Å². The van der Waals surface area contributed by atoms with E-state index >= 15 is 0 Å². The number of rotatable bonds is 4. The predicted octanol–water partition coefficient (Wildman–Crippen LogP) is 2.16. The normalized spacial score (nSPS) is 16.0. The van der Waals surface area contributed by atoms with Gasteiger partial charge < -0.3 is 4.90 Å². The summed E-state index contributed by atoms with van der Waals surface area (Å²) in [7, 11) is -7.77. The maximum atomic E-state index is 12.8. The molecule has 134 valence electrons. The summed E-state index contributed by atoms with van der Waals surface area (Å²) in [6, 6.07) is 11.8. The van der Waals surface area contributed by atoms with Crippen LogP contribution in [0, 0.1) is 0 Å². The van der Waals surface area contributed by atoms with E-state index in [1.54, 1.807) is 24.3 Å². The van der Waals surface area contributed by atoms with Crippen LogP contribution in [0.2, 0.25) is 0 Å². The van der Waals surface area contributed by atoms with Crippen LogP contribution >= 0.6 is 0 Å². The van der Waals surface area contributed by atoms with Crippen LogP contribution < -0.4 is 10.0 Å². The number of piperidine rings is 1. The van der Waals surface area contributed by atoms with Gasteiger partial charge in [-0.3, -0.25) is 0 Å². The van der Waals surface area contributed by atoms with Gasteiger partial charge in [0.15, 0.2) is 0 Å². The monoisotopic (exact) mass is 380 g/mol. The number of nitrogens with zero attached hydrogens (tertiary/aromatic N) is 1. The maximum Gasteiger partial charge on any atom is 0.238 e. The molecule has 0 amide bonds. The van der Waals surface area contributed by atoms with E-state index < -0.39 is 19.9 Å². The molecular weight excluding hydrogens is 360 g/mol. The summed E-state index contributed by atoms with van der Waals surface area (Å²) in [6.45, 7) is 1.95. The van der Waals surface area contributed by atoms with Gasteiger partial charge in [0.25, 0.3) is 0 Å². The van der Waals surface area contributed by atoms with Gasteiger partial charge in [-0.05, 0) is 61.7 Å². The largest absolute Gasteiger partial charge is 0.372 e. The van der Waals surface area contributed by atoms with Gasteiger partial charge in [0.2, 0.25) is 19.9 Å². The molecule has 0 radical (unpaired) electrons. The number of nitrogens with two attached hydrogens (primary N) is 1. The second-order valence-electron chi connectivity index (χ2n) is 6.06. The second kappa shape index (κ2) is 6.78. The van der Waals surface area contributed by atoms with Crippen molar-refractivity contribution in [1.29, 1.82) is 0 Å². The van der Waals surface area contributed by atoms with Crippen LogP contribution in [0.25, 0.3) is 0 Å². The van der Waals surface area contributed by atoms with Gasteiger partial charge in [-0.25, -0.2) is 22.0 Å². The number of sulfone groups is 1. The van der Waals surface area contributed by atoms with Crippen molar-refractivity contribution in [1.82, 2.24) is 0 Å². The van der Waals surface area contributed by atoms with E-state index in [4.69, 9.17) is 5.14 Å². The van der Waals surface area contributed by atoms with Crippen LogP contribution in [0.1, 0.15) is 19.3 Å². The average Bonchev–Trinajstić information content (AvgIpc) is 2.62. The van der Waals surface area contributed by atoms with Crippen molar-refractivity contribution < 1.29 is 16.8 Å². The van der Waals surface area contributed by atoms with Crippen molar-refractivity contribution in [3.05, 3.63) is 48.5 Å². The Morgan fingerprint density at radius 1 is 0.760 bits per heavy atom. The highest BCUT2D eigenvalue weighted by molar-refractivity contribution is 7.91. The number of sulfonamides is 1. The van der Waals surface area contributed by atoms with E-state index in [0.717, 1.165) is 37.7 Å². The molecule has 0 saturated carbocycles. The molecule has 2 N–H and O–H groups in total. The van der Waals surface area contributed by atoms with Gasteiger partial charge in [0, 0.05) is 18.8 Å². The lowest BCUT2D eigenvalue weighted by Gasteiger charge is -2.28. The molecule has 1 saturated heterocycles. The molecule has 2 aromatic rings. The van der Waals surface area contributed by atoms with Crippen LogP contribution in [-0.2, 0) is 19.9 Å². The highest BCUT2D eigenvalue weighted by Gasteiger charge is 2.20. The lowest BCUT2D eigenvalue weighted by Crippen LogP contribution is -2.29. The minimum atomic E-state index is -3.96. The Kier molecular flexibility index (Phi) is 4.86. The maximum absolute atomic E-state index is 12.8. The molecule has 0 unspecified atom stereocenters. The molecule has 8 heteroatoms. The third-order valence-corrected chi connectivity index (χ3v) is 6.99.